The third-order valence-corrected chi connectivity index (χ3v) is 5.76. The van der Waals surface area contributed by atoms with Gasteiger partial charge in [0.05, 0.1) is 16.6 Å². The van der Waals surface area contributed by atoms with Gasteiger partial charge in [-0.2, -0.15) is 0 Å². The highest BCUT2D eigenvalue weighted by Crippen LogP contribution is 2.26. The van der Waals surface area contributed by atoms with Gasteiger partial charge in [0.15, 0.2) is 0 Å². The molecule has 1 fully saturated rings. The van der Waals surface area contributed by atoms with Gasteiger partial charge in [0.1, 0.15) is 0 Å². The van der Waals surface area contributed by atoms with Crippen LogP contribution in [-0.2, 0) is 10.2 Å². The molecule has 0 saturated carbocycles. The maximum absolute atomic E-state index is 13.1. The van der Waals surface area contributed by atoms with Gasteiger partial charge in [0.2, 0.25) is 5.91 Å². The average molecular weight is 402 g/mol. The molecule has 1 aromatic heterocycles. The minimum absolute atomic E-state index is 0.0898. The molecule has 2 heterocycles. The molecule has 1 aliphatic heterocycles. The number of nitrogens with zero attached hydrogens (tertiary/aromatic N) is 3. The number of carbonyl (C=O) groups is 2. The van der Waals surface area contributed by atoms with Crippen LogP contribution in [0.15, 0.2) is 66.9 Å². The summed E-state index contributed by atoms with van der Waals surface area (Å²) in [7, 11) is 0. The lowest BCUT2D eigenvalue weighted by Gasteiger charge is -2.38. The molecule has 154 valence electrons. The first kappa shape index (κ1) is 19.9. The van der Waals surface area contributed by atoms with Crippen LogP contribution in [0.4, 0.5) is 10.5 Å². The first-order valence-corrected chi connectivity index (χ1v) is 10.2. The lowest BCUT2D eigenvalue weighted by molar-refractivity contribution is -0.137. The molecule has 3 aromatic rings. The van der Waals surface area contributed by atoms with Crippen molar-refractivity contribution in [3.05, 3.63) is 72.4 Å². The van der Waals surface area contributed by atoms with Gasteiger partial charge in [-0.1, -0.05) is 48.5 Å². The number of para-hydroxylation sites is 1. The van der Waals surface area contributed by atoms with Crippen molar-refractivity contribution >= 4 is 28.5 Å². The first-order valence-electron chi connectivity index (χ1n) is 10.2. The topological polar surface area (TPSA) is 65.5 Å². The zero-order valence-corrected chi connectivity index (χ0v) is 17.3. The zero-order valence-electron chi connectivity index (χ0n) is 17.3. The van der Waals surface area contributed by atoms with E-state index in [0.717, 1.165) is 16.5 Å². The van der Waals surface area contributed by atoms with E-state index in [9.17, 15) is 9.59 Å². The second-order valence-corrected chi connectivity index (χ2v) is 8.08. The maximum atomic E-state index is 13.1. The molecular formula is C24H26N4O2. The van der Waals surface area contributed by atoms with Crippen LogP contribution in [0.1, 0.15) is 19.4 Å². The van der Waals surface area contributed by atoms with Gasteiger partial charge < -0.3 is 15.1 Å². The number of rotatable bonds is 3. The van der Waals surface area contributed by atoms with Crippen molar-refractivity contribution in [3.63, 3.8) is 0 Å². The van der Waals surface area contributed by atoms with Crippen molar-refractivity contribution in [1.29, 1.82) is 0 Å². The normalized spacial score (nSPS) is 14.6. The summed E-state index contributed by atoms with van der Waals surface area (Å²) in [5.41, 5.74) is 1.87. The molecule has 2 aromatic carbocycles. The second-order valence-electron chi connectivity index (χ2n) is 8.08. The standard InChI is InChI=1S/C24H26N4O2/c1-24(2,19-10-4-3-5-11-19)22(29)27-14-16-28(17-15-27)23(30)26-20-12-6-8-18-9-7-13-25-21(18)20/h3-13H,14-17H2,1-2H3,(H,26,30). The summed E-state index contributed by atoms with van der Waals surface area (Å²) in [6.07, 6.45) is 1.72. The van der Waals surface area contributed by atoms with E-state index >= 15 is 0 Å². The summed E-state index contributed by atoms with van der Waals surface area (Å²) in [5.74, 6) is 0.0898. The smallest absolute Gasteiger partial charge is 0.322 e. The van der Waals surface area contributed by atoms with Gasteiger partial charge in [0, 0.05) is 37.8 Å². The molecule has 0 bridgehead atoms. The Kier molecular flexibility index (Phi) is 5.40. The lowest BCUT2D eigenvalue weighted by atomic mass is 9.83. The number of aromatic nitrogens is 1. The molecule has 4 rings (SSSR count). The van der Waals surface area contributed by atoms with Crippen molar-refractivity contribution in [1.82, 2.24) is 14.8 Å². The number of urea groups is 1. The van der Waals surface area contributed by atoms with Gasteiger partial charge in [-0.15, -0.1) is 0 Å². The average Bonchev–Trinajstić information content (AvgIpc) is 2.79. The van der Waals surface area contributed by atoms with Crippen molar-refractivity contribution in [2.75, 3.05) is 31.5 Å². The van der Waals surface area contributed by atoms with E-state index in [1.807, 2.05) is 79.4 Å². The Labute approximate surface area is 176 Å². The number of benzene rings is 2. The third kappa shape index (κ3) is 3.85. The summed E-state index contributed by atoms with van der Waals surface area (Å²) >= 11 is 0. The summed E-state index contributed by atoms with van der Waals surface area (Å²) in [4.78, 5) is 33.9. The SMILES string of the molecule is CC(C)(C(=O)N1CCN(C(=O)Nc2cccc3cccnc23)CC1)c1ccccc1. The Hall–Kier alpha value is -3.41. The molecule has 0 radical (unpaired) electrons. The molecule has 0 aliphatic carbocycles. The Morgan fingerprint density at radius 2 is 1.53 bits per heavy atom. The van der Waals surface area contributed by atoms with Crippen molar-refractivity contribution < 1.29 is 9.59 Å². The van der Waals surface area contributed by atoms with Crippen LogP contribution in [0.3, 0.4) is 0 Å². The number of pyridine rings is 1. The molecule has 6 nitrogen and oxygen atoms in total. The summed E-state index contributed by atoms with van der Waals surface area (Å²) in [6.45, 7) is 5.96. The Balaban J connectivity index is 1.39. The third-order valence-electron chi connectivity index (χ3n) is 5.76. The van der Waals surface area contributed by atoms with E-state index < -0.39 is 5.41 Å². The monoisotopic (exact) mass is 402 g/mol. The van der Waals surface area contributed by atoms with Crippen molar-refractivity contribution in [2.45, 2.75) is 19.3 Å². The minimum Gasteiger partial charge on any atom is -0.338 e. The number of hydrogen-bond acceptors (Lipinski definition) is 3. The van der Waals surface area contributed by atoms with Crippen LogP contribution in [0.2, 0.25) is 0 Å². The molecule has 30 heavy (non-hydrogen) atoms. The van der Waals surface area contributed by atoms with Crippen LogP contribution < -0.4 is 5.32 Å². The molecule has 0 unspecified atom stereocenters. The van der Waals surface area contributed by atoms with Gasteiger partial charge in [0.25, 0.3) is 0 Å². The molecule has 6 heteroatoms. The van der Waals surface area contributed by atoms with E-state index in [0.29, 0.717) is 31.9 Å². The van der Waals surface area contributed by atoms with Crippen molar-refractivity contribution in [3.8, 4) is 0 Å². The van der Waals surface area contributed by atoms with Gasteiger partial charge in [-0.25, -0.2) is 4.79 Å². The molecule has 1 N–H and O–H groups in total. The van der Waals surface area contributed by atoms with E-state index in [1.54, 1.807) is 11.1 Å². The number of carbonyl (C=O) groups excluding carboxylic acids is 2. The highest BCUT2D eigenvalue weighted by molar-refractivity contribution is 5.99. The van der Waals surface area contributed by atoms with Crippen LogP contribution in [0, 0.1) is 0 Å². The van der Waals surface area contributed by atoms with Crippen molar-refractivity contribution in [2.24, 2.45) is 0 Å². The van der Waals surface area contributed by atoms with Crippen LogP contribution in [0.5, 0.6) is 0 Å². The van der Waals surface area contributed by atoms with E-state index in [4.69, 9.17) is 0 Å². The molecule has 1 saturated heterocycles. The lowest BCUT2D eigenvalue weighted by Crippen LogP contribution is -2.55. The van der Waals surface area contributed by atoms with Gasteiger partial charge in [-0.05, 0) is 31.5 Å². The predicted molar refractivity (Wildman–Crippen MR) is 118 cm³/mol. The molecular weight excluding hydrogens is 376 g/mol. The molecule has 0 spiro atoms. The first-order chi connectivity index (χ1) is 14.5. The number of amides is 3. The summed E-state index contributed by atoms with van der Waals surface area (Å²) in [5, 5.41) is 3.96. The summed E-state index contributed by atoms with van der Waals surface area (Å²) in [6, 6.07) is 19.2. The minimum atomic E-state index is -0.597. The molecule has 3 amide bonds. The van der Waals surface area contributed by atoms with Crippen LogP contribution in [-0.4, -0.2) is 52.9 Å². The fourth-order valence-corrected chi connectivity index (χ4v) is 3.89. The van der Waals surface area contributed by atoms with E-state index in [-0.39, 0.29) is 11.9 Å². The molecule has 0 atom stereocenters. The predicted octanol–water partition coefficient (Wildman–Crippen LogP) is 3.89. The number of hydrogen-bond donors (Lipinski definition) is 1. The summed E-state index contributed by atoms with van der Waals surface area (Å²) < 4.78 is 0. The highest BCUT2D eigenvalue weighted by atomic mass is 16.2. The highest BCUT2D eigenvalue weighted by Gasteiger charge is 2.35. The number of fused-ring (bicyclic) bond motifs is 1. The Bertz CT molecular complexity index is 1050. The fraction of sp³-hybridized carbons (Fsp3) is 0.292. The number of nitrogens with one attached hydrogen (secondary N) is 1. The van der Waals surface area contributed by atoms with Crippen LogP contribution >= 0.6 is 0 Å². The second kappa shape index (κ2) is 8.14. The quantitative estimate of drug-likeness (QED) is 0.723. The zero-order chi connectivity index (χ0) is 21.1. The fourth-order valence-electron chi connectivity index (χ4n) is 3.89. The van der Waals surface area contributed by atoms with Crippen LogP contribution in [0.25, 0.3) is 10.9 Å². The van der Waals surface area contributed by atoms with Gasteiger partial charge >= 0.3 is 6.03 Å². The molecule has 1 aliphatic rings. The number of piperazine rings is 1. The van der Waals surface area contributed by atoms with E-state index in [1.165, 1.54) is 0 Å². The van der Waals surface area contributed by atoms with Gasteiger partial charge in [-0.3, -0.25) is 9.78 Å². The maximum Gasteiger partial charge on any atom is 0.322 e. The largest absolute Gasteiger partial charge is 0.338 e. The Morgan fingerprint density at radius 1 is 0.867 bits per heavy atom. The number of anilines is 1. The Morgan fingerprint density at radius 3 is 2.27 bits per heavy atom. The van der Waals surface area contributed by atoms with E-state index in [2.05, 4.69) is 10.3 Å².